The van der Waals surface area contributed by atoms with Gasteiger partial charge < -0.3 is 24.8 Å². The number of ether oxygens (including phenoxy) is 3. The number of benzene rings is 1. The van der Waals surface area contributed by atoms with Crippen LogP contribution in [0.1, 0.15) is 37.3 Å². The number of aliphatic imine (C=N–C) groups is 1. The van der Waals surface area contributed by atoms with Crippen LogP contribution in [0.15, 0.2) is 23.2 Å². The van der Waals surface area contributed by atoms with Crippen LogP contribution in [-0.2, 0) is 27.4 Å². The van der Waals surface area contributed by atoms with E-state index in [1.54, 1.807) is 19.2 Å². The first-order valence-corrected chi connectivity index (χ1v) is 10.2. The smallest absolute Gasteiger partial charge is 0.191 e. The van der Waals surface area contributed by atoms with Gasteiger partial charge in [0, 0.05) is 52.2 Å². The number of hydrogen-bond acceptors (Lipinski definition) is 4. The van der Waals surface area contributed by atoms with Crippen LogP contribution in [0.4, 0.5) is 4.39 Å². The molecule has 0 amide bonds. The lowest BCUT2D eigenvalue weighted by atomic mass is 10.0. The maximum absolute atomic E-state index is 13.7. The third-order valence-corrected chi connectivity index (χ3v) is 4.63. The standard InChI is InChI=1S/C21H34FN3O3/c1-3-23-21(24-9-4-10-28-15-17-7-11-27-12-8-17)25-14-18-5-6-20(22)19(13-18)16-26-2/h5-6,13,17H,3-4,7-12,14-16H2,1-2H3,(H2,23,24,25). The number of rotatable bonds is 11. The second kappa shape index (κ2) is 13.5. The maximum atomic E-state index is 13.7. The molecule has 1 saturated heterocycles. The molecule has 158 valence electrons. The van der Waals surface area contributed by atoms with Crippen molar-refractivity contribution in [2.24, 2.45) is 10.9 Å². The second-order valence-electron chi connectivity index (χ2n) is 6.96. The van der Waals surface area contributed by atoms with E-state index in [2.05, 4.69) is 15.6 Å². The van der Waals surface area contributed by atoms with Gasteiger partial charge in [-0.05, 0) is 49.8 Å². The van der Waals surface area contributed by atoms with Crippen molar-refractivity contribution >= 4 is 5.96 Å². The van der Waals surface area contributed by atoms with Gasteiger partial charge in [0.05, 0.1) is 13.2 Å². The first-order chi connectivity index (χ1) is 13.7. The van der Waals surface area contributed by atoms with Crippen molar-refractivity contribution in [2.45, 2.75) is 39.3 Å². The van der Waals surface area contributed by atoms with E-state index in [9.17, 15) is 4.39 Å². The van der Waals surface area contributed by atoms with Crippen LogP contribution < -0.4 is 10.6 Å². The lowest BCUT2D eigenvalue weighted by molar-refractivity contribution is 0.0203. The predicted octanol–water partition coefficient (Wildman–Crippen LogP) is 2.86. The van der Waals surface area contributed by atoms with Crippen molar-refractivity contribution in [1.82, 2.24) is 10.6 Å². The summed E-state index contributed by atoms with van der Waals surface area (Å²) in [5.74, 6) is 1.14. The number of methoxy groups -OCH3 is 1. The third-order valence-electron chi connectivity index (χ3n) is 4.63. The Balaban J connectivity index is 1.70. The Hall–Kier alpha value is -1.70. The Morgan fingerprint density at radius 3 is 2.86 bits per heavy atom. The van der Waals surface area contributed by atoms with E-state index in [-0.39, 0.29) is 12.4 Å². The molecule has 0 aliphatic carbocycles. The summed E-state index contributed by atoms with van der Waals surface area (Å²) < 4.78 is 29.9. The van der Waals surface area contributed by atoms with Gasteiger partial charge in [0.2, 0.25) is 0 Å². The third kappa shape index (κ3) is 8.54. The van der Waals surface area contributed by atoms with E-state index in [1.807, 2.05) is 6.92 Å². The molecule has 1 fully saturated rings. The fourth-order valence-electron chi connectivity index (χ4n) is 3.05. The summed E-state index contributed by atoms with van der Waals surface area (Å²) in [6, 6.07) is 5.02. The largest absolute Gasteiger partial charge is 0.381 e. The lowest BCUT2D eigenvalue weighted by Gasteiger charge is -2.21. The van der Waals surface area contributed by atoms with Gasteiger partial charge in [-0.3, -0.25) is 0 Å². The molecule has 7 heteroatoms. The first-order valence-electron chi connectivity index (χ1n) is 10.2. The summed E-state index contributed by atoms with van der Waals surface area (Å²) in [4.78, 5) is 4.58. The Labute approximate surface area is 167 Å². The first kappa shape index (κ1) is 22.6. The summed E-state index contributed by atoms with van der Waals surface area (Å²) >= 11 is 0. The van der Waals surface area contributed by atoms with Gasteiger partial charge in [0.1, 0.15) is 5.82 Å². The number of guanidine groups is 1. The highest BCUT2D eigenvalue weighted by Crippen LogP contribution is 2.14. The molecule has 0 spiro atoms. The zero-order chi connectivity index (χ0) is 20.0. The minimum absolute atomic E-state index is 0.250. The van der Waals surface area contributed by atoms with Gasteiger partial charge in [-0.25, -0.2) is 9.38 Å². The average Bonchev–Trinajstić information content (AvgIpc) is 2.71. The minimum atomic E-state index is -0.250. The molecular weight excluding hydrogens is 361 g/mol. The Morgan fingerprint density at radius 2 is 2.11 bits per heavy atom. The van der Waals surface area contributed by atoms with E-state index in [4.69, 9.17) is 14.2 Å². The van der Waals surface area contributed by atoms with Gasteiger partial charge in [-0.1, -0.05) is 6.07 Å². The van der Waals surface area contributed by atoms with Crippen LogP contribution in [0.2, 0.25) is 0 Å². The zero-order valence-corrected chi connectivity index (χ0v) is 17.1. The van der Waals surface area contributed by atoms with Crippen molar-refractivity contribution < 1.29 is 18.6 Å². The molecule has 2 N–H and O–H groups in total. The Bertz CT molecular complexity index is 592. The Morgan fingerprint density at radius 1 is 1.29 bits per heavy atom. The normalized spacial score (nSPS) is 15.6. The molecule has 28 heavy (non-hydrogen) atoms. The SMILES string of the molecule is CCNC(=NCc1ccc(F)c(COC)c1)NCCCOCC1CCOCC1. The van der Waals surface area contributed by atoms with Crippen LogP contribution in [-0.4, -0.2) is 52.6 Å². The van der Waals surface area contributed by atoms with Crippen LogP contribution in [0.3, 0.4) is 0 Å². The number of halogens is 1. The van der Waals surface area contributed by atoms with Crippen molar-refractivity contribution in [1.29, 1.82) is 0 Å². The van der Waals surface area contributed by atoms with Crippen LogP contribution in [0.25, 0.3) is 0 Å². The molecule has 0 radical (unpaired) electrons. The summed E-state index contributed by atoms with van der Waals surface area (Å²) in [6.45, 7) is 7.62. The topological polar surface area (TPSA) is 64.1 Å². The molecule has 1 aliphatic rings. The van der Waals surface area contributed by atoms with Crippen LogP contribution in [0.5, 0.6) is 0 Å². The highest BCUT2D eigenvalue weighted by atomic mass is 19.1. The van der Waals surface area contributed by atoms with Gasteiger partial charge in [0.15, 0.2) is 5.96 Å². The second-order valence-corrected chi connectivity index (χ2v) is 6.96. The molecular formula is C21H34FN3O3. The van der Waals surface area contributed by atoms with E-state index in [0.29, 0.717) is 18.0 Å². The summed E-state index contributed by atoms with van der Waals surface area (Å²) in [5.41, 5.74) is 1.50. The fraction of sp³-hybridized carbons (Fsp3) is 0.667. The quantitative estimate of drug-likeness (QED) is 0.343. The van der Waals surface area contributed by atoms with E-state index >= 15 is 0 Å². The highest BCUT2D eigenvalue weighted by molar-refractivity contribution is 5.79. The van der Waals surface area contributed by atoms with Gasteiger partial charge in [-0.2, -0.15) is 0 Å². The summed E-state index contributed by atoms with van der Waals surface area (Å²) in [7, 11) is 1.56. The molecule has 0 unspecified atom stereocenters. The molecule has 1 aromatic carbocycles. The predicted molar refractivity (Wildman–Crippen MR) is 109 cm³/mol. The molecule has 1 aromatic rings. The van der Waals surface area contributed by atoms with Gasteiger partial charge >= 0.3 is 0 Å². The van der Waals surface area contributed by atoms with E-state index in [1.165, 1.54) is 6.07 Å². The lowest BCUT2D eigenvalue weighted by Crippen LogP contribution is -2.38. The molecule has 0 saturated carbocycles. The average molecular weight is 396 g/mol. The maximum Gasteiger partial charge on any atom is 0.191 e. The number of nitrogens with one attached hydrogen (secondary N) is 2. The summed E-state index contributed by atoms with van der Waals surface area (Å²) in [6.07, 6.45) is 3.12. The van der Waals surface area contributed by atoms with Crippen molar-refractivity contribution in [2.75, 3.05) is 46.6 Å². The van der Waals surface area contributed by atoms with E-state index in [0.717, 1.165) is 70.3 Å². The van der Waals surface area contributed by atoms with Crippen molar-refractivity contribution in [3.8, 4) is 0 Å². The molecule has 1 heterocycles. The van der Waals surface area contributed by atoms with Crippen LogP contribution in [0, 0.1) is 11.7 Å². The number of nitrogens with zero attached hydrogens (tertiary/aromatic N) is 1. The zero-order valence-electron chi connectivity index (χ0n) is 17.1. The van der Waals surface area contributed by atoms with Gasteiger partial charge in [-0.15, -0.1) is 0 Å². The van der Waals surface area contributed by atoms with Crippen molar-refractivity contribution in [3.63, 3.8) is 0 Å². The molecule has 6 nitrogen and oxygen atoms in total. The van der Waals surface area contributed by atoms with Crippen molar-refractivity contribution in [3.05, 3.63) is 35.1 Å². The summed E-state index contributed by atoms with van der Waals surface area (Å²) in [5, 5.41) is 6.55. The number of hydrogen-bond donors (Lipinski definition) is 2. The molecule has 0 bridgehead atoms. The van der Waals surface area contributed by atoms with E-state index < -0.39 is 0 Å². The fourth-order valence-corrected chi connectivity index (χ4v) is 3.05. The van der Waals surface area contributed by atoms with Gasteiger partial charge in [0.25, 0.3) is 0 Å². The minimum Gasteiger partial charge on any atom is -0.381 e. The molecule has 0 atom stereocenters. The molecule has 0 aromatic heterocycles. The Kier molecular flexibility index (Phi) is 10.9. The highest BCUT2D eigenvalue weighted by Gasteiger charge is 2.13. The molecule has 2 rings (SSSR count). The van der Waals surface area contributed by atoms with Crippen LogP contribution >= 0.6 is 0 Å². The monoisotopic (exact) mass is 395 g/mol. The molecule has 1 aliphatic heterocycles.